The van der Waals surface area contributed by atoms with Crippen molar-refractivity contribution in [3.63, 3.8) is 0 Å². The Hall–Kier alpha value is -3.18. The summed E-state index contributed by atoms with van der Waals surface area (Å²) < 4.78 is 0.955. The molecular weight excluding hydrogens is 488 g/mol. The molecule has 0 saturated carbocycles. The lowest BCUT2D eigenvalue weighted by molar-refractivity contribution is -0.119. The molecular formula is C29H27BrN2O2. The van der Waals surface area contributed by atoms with Gasteiger partial charge in [0.15, 0.2) is 5.78 Å². The van der Waals surface area contributed by atoms with E-state index in [4.69, 9.17) is 0 Å². The molecule has 172 valence electrons. The molecule has 1 aliphatic carbocycles. The van der Waals surface area contributed by atoms with Gasteiger partial charge in [0.1, 0.15) is 0 Å². The Kier molecular flexibility index (Phi) is 5.90. The molecule has 0 aromatic heterocycles. The number of carbonyl (C=O) groups is 2. The van der Waals surface area contributed by atoms with Gasteiger partial charge in [-0.2, -0.15) is 0 Å². The van der Waals surface area contributed by atoms with Gasteiger partial charge in [-0.3, -0.25) is 14.5 Å². The van der Waals surface area contributed by atoms with Crippen molar-refractivity contribution in [2.24, 2.45) is 5.41 Å². The van der Waals surface area contributed by atoms with Crippen molar-refractivity contribution in [2.45, 2.75) is 39.2 Å². The van der Waals surface area contributed by atoms with Crippen molar-refractivity contribution in [2.75, 3.05) is 10.2 Å². The molecule has 1 amide bonds. The third kappa shape index (κ3) is 4.32. The average Bonchev–Trinajstić information content (AvgIpc) is 2.94. The Labute approximate surface area is 208 Å². The molecule has 0 unspecified atom stereocenters. The summed E-state index contributed by atoms with van der Waals surface area (Å²) in [5.41, 5.74) is 4.96. The number of hydrogen-bond acceptors (Lipinski definition) is 3. The monoisotopic (exact) mass is 514 g/mol. The van der Waals surface area contributed by atoms with Crippen LogP contribution in [0.2, 0.25) is 0 Å². The van der Waals surface area contributed by atoms with Crippen molar-refractivity contribution < 1.29 is 9.59 Å². The molecule has 1 N–H and O–H groups in total. The van der Waals surface area contributed by atoms with E-state index < -0.39 is 6.04 Å². The van der Waals surface area contributed by atoms with Crippen LogP contribution in [-0.4, -0.2) is 11.7 Å². The number of hydrogen-bond donors (Lipinski definition) is 1. The highest BCUT2D eigenvalue weighted by Gasteiger charge is 2.43. The molecule has 0 bridgehead atoms. The van der Waals surface area contributed by atoms with Gasteiger partial charge in [0.25, 0.3) is 0 Å². The maximum absolute atomic E-state index is 14.0. The van der Waals surface area contributed by atoms with Crippen LogP contribution < -0.4 is 10.2 Å². The zero-order valence-corrected chi connectivity index (χ0v) is 20.9. The second-order valence-electron chi connectivity index (χ2n) is 9.86. The molecule has 0 saturated heterocycles. The van der Waals surface area contributed by atoms with E-state index in [2.05, 4.69) is 35.1 Å². The van der Waals surface area contributed by atoms with Gasteiger partial charge < -0.3 is 5.32 Å². The van der Waals surface area contributed by atoms with Crippen LogP contribution in [0.25, 0.3) is 0 Å². The summed E-state index contributed by atoms with van der Waals surface area (Å²) in [6.45, 7) is 4.25. The summed E-state index contributed by atoms with van der Waals surface area (Å²) in [6, 6.07) is 25.1. The quantitative estimate of drug-likeness (QED) is 0.416. The number of rotatable bonds is 3. The zero-order valence-electron chi connectivity index (χ0n) is 19.3. The molecule has 1 aliphatic heterocycles. The predicted octanol–water partition coefficient (Wildman–Crippen LogP) is 6.83. The number of allylic oxidation sites excluding steroid dienone is 1. The van der Waals surface area contributed by atoms with Gasteiger partial charge in [0.2, 0.25) is 5.91 Å². The molecule has 3 aromatic carbocycles. The largest absolute Gasteiger partial charge is 0.357 e. The fourth-order valence-corrected chi connectivity index (χ4v) is 5.34. The first-order valence-corrected chi connectivity index (χ1v) is 12.4. The Morgan fingerprint density at radius 1 is 0.971 bits per heavy atom. The standard InChI is InChI=1S/C29H27BrN2O2/c1-29(2)17-23-27(25(33)18-29)28(20-12-14-21(30)15-13-20)32(24-11-7-6-10-22(24)31-23)26(34)16-19-8-4-3-5-9-19/h3-15,28,31H,16-18H2,1-2H3/t28-/m0/s1. The van der Waals surface area contributed by atoms with Crippen LogP contribution in [0.5, 0.6) is 0 Å². The lowest BCUT2D eigenvalue weighted by atomic mass is 9.73. The molecule has 2 aliphatic rings. The van der Waals surface area contributed by atoms with Crippen LogP contribution in [0.3, 0.4) is 0 Å². The van der Waals surface area contributed by atoms with E-state index in [0.717, 1.165) is 39.1 Å². The maximum atomic E-state index is 14.0. The Bertz CT molecular complexity index is 1280. The van der Waals surface area contributed by atoms with Crippen molar-refractivity contribution in [3.05, 3.63) is 106 Å². The lowest BCUT2D eigenvalue weighted by Gasteiger charge is -2.37. The third-order valence-corrected chi connectivity index (χ3v) is 7.08. The highest BCUT2D eigenvalue weighted by atomic mass is 79.9. The first-order valence-electron chi connectivity index (χ1n) is 11.6. The van der Waals surface area contributed by atoms with Crippen LogP contribution in [0.1, 0.15) is 43.9 Å². The predicted molar refractivity (Wildman–Crippen MR) is 140 cm³/mol. The number of ketones is 1. The SMILES string of the molecule is CC1(C)CC(=O)C2=C(C1)Nc1ccccc1N(C(=O)Cc1ccccc1)[C@H]2c1ccc(Br)cc1. The number of Topliss-reactive ketones (excluding diaryl/α,β-unsaturated/α-hetero) is 1. The Morgan fingerprint density at radius 3 is 2.38 bits per heavy atom. The molecule has 1 atom stereocenters. The van der Waals surface area contributed by atoms with Crippen LogP contribution in [0.15, 0.2) is 94.6 Å². The third-order valence-electron chi connectivity index (χ3n) is 6.55. The normalized spacial score (nSPS) is 19.1. The minimum atomic E-state index is -0.501. The van der Waals surface area contributed by atoms with Gasteiger partial charge in [-0.15, -0.1) is 0 Å². The number of benzene rings is 3. The smallest absolute Gasteiger partial charge is 0.232 e. The summed E-state index contributed by atoms with van der Waals surface area (Å²) in [6.07, 6.45) is 1.46. The van der Waals surface area contributed by atoms with Gasteiger partial charge >= 0.3 is 0 Å². The van der Waals surface area contributed by atoms with E-state index in [1.54, 1.807) is 0 Å². The van der Waals surface area contributed by atoms with E-state index in [1.165, 1.54) is 0 Å². The molecule has 0 radical (unpaired) electrons. The fraction of sp³-hybridized carbons (Fsp3) is 0.241. The second-order valence-corrected chi connectivity index (χ2v) is 10.8. The van der Waals surface area contributed by atoms with Crippen LogP contribution >= 0.6 is 15.9 Å². The highest BCUT2D eigenvalue weighted by Crippen LogP contribution is 2.48. The van der Waals surface area contributed by atoms with Crippen LogP contribution in [0.4, 0.5) is 11.4 Å². The molecule has 0 spiro atoms. The van der Waals surface area contributed by atoms with Crippen molar-refractivity contribution in [3.8, 4) is 0 Å². The first kappa shape index (κ1) is 22.6. The van der Waals surface area contributed by atoms with E-state index >= 15 is 0 Å². The van der Waals surface area contributed by atoms with Gasteiger partial charge in [0, 0.05) is 22.2 Å². The zero-order chi connectivity index (χ0) is 23.9. The summed E-state index contributed by atoms with van der Waals surface area (Å²) in [5.74, 6) is 0.0525. The molecule has 3 aromatic rings. The minimum absolute atomic E-state index is 0.0419. The molecule has 4 nitrogen and oxygen atoms in total. The highest BCUT2D eigenvalue weighted by molar-refractivity contribution is 9.10. The number of fused-ring (bicyclic) bond motifs is 1. The Morgan fingerprint density at radius 2 is 1.65 bits per heavy atom. The summed E-state index contributed by atoms with van der Waals surface area (Å²) in [4.78, 5) is 29.5. The minimum Gasteiger partial charge on any atom is -0.357 e. The topological polar surface area (TPSA) is 49.4 Å². The Balaban J connectivity index is 1.72. The van der Waals surface area contributed by atoms with Crippen molar-refractivity contribution >= 4 is 39.0 Å². The number of para-hydroxylation sites is 2. The molecule has 1 heterocycles. The summed E-state index contributed by atoms with van der Waals surface area (Å²) in [7, 11) is 0. The summed E-state index contributed by atoms with van der Waals surface area (Å²) in [5, 5.41) is 3.56. The van der Waals surface area contributed by atoms with Crippen molar-refractivity contribution in [1.82, 2.24) is 0 Å². The van der Waals surface area contributed by atoms with Gasteiger partial charge in [-0.05, 0) is 47.2 Å². The van der Waals surface area contributed by atoms with Gasteiger partial charge in [-0.25, -0.2) is 0 Å². The van der Waals surface area contributed by atoms with E-state index in [9.17, 15) is 9.59 Å². The molecule has 0 fully saturated rings. The van der Waals surface area contributed by atoms with Gasteiger partial charge in [-0.1, -0.05) is 84.4 Å². The van der Waals surface area contributed by atoms with Crippen molar-refractivity contribution in [1.29, 1.82) is 0 Å². The molecule has 5 heteroatoms. The second kappa shape index (κ2) is 8.88. The van der Waals surface area contributed by atoms with Crippen LogP contribution in [-0.2, 0) is 16.0 Å². The van der Waals surface area contributed by atoms with E-state index in [0.29, 0.717) is 12.0 Å². The lowest BCUT2D eigenvalue weighted by Crippen LogP contribution is -2.40. The molecule has 5 rings (SSSR count). The number of nitrogens with one attached hydrogen (secondary N) is 1. The number of amides is 1. The van der Waals surface area contributed by atoms with E-state index in [1.807, 2.05) is 83.8 Å². The van der Waals surface area contributed by atoms with Crippen LogP contribution in [0, 0.1) is 5.41 Å². The fourth-order valence-electron chi connectivity index (χ4n) is 5.08. The number of anilines is 2. The van der Waals surface area contributed by atoms with Gasteiger partial charge in [0.05, 0.1) is 23.8 Å². The number of carbonyl (C=O) groups excluding carboxylic acids is 2. The number of halogens is 1. The summed E-state index contributed by atoms with van der Waals surface area (Å²) >= 11 is 3.52. The number of nitrogens with zero attached hydrogens (tertiary/aromatic N) is 1. The first-order chi connectivity index (χ1) is 16.3. The molecule has 34 heavy (non-hydrogen) atoms. The van der Waals surface area contributed by atoms with E-state index in [-0.39, 0.29) is 23.5 Å². The maximum Gasteiger partial charge on any atom is 0.232 e. The average molecular weight is 515 g/mol.